The Labute approximate surface area is 161 Å². The number of halogens is 1. The molecule has 1 aromatic rings. The number of unbranched alkanes of at least 4 members (excludes halogenated alkanes) is 1. The van der Waals surface area contributed by atoms with Crippen molar-refractivity contribution in [3.63, 3.8) is 0 Å². The van der Waals surface area contributed by atoms with Gasteiger partial charge in [0.15, 0.2) is 5.96 Å². The van der Waals surface area contributed by atoms with Crippen LogP contribution < -0.4 is 10.6 Å². The molecule has 0 radical (unpaired) electrons. The summed E-state index contributed by atoms with van der Waals surface area (Å²) >= 11 is 1.90. The summed E-state index contributed by atoms with van der Waals surface area (Å²) in [6.45, 7) is 5.92. The van der Waals surface area contributed by atoms with Gasteiger partial charge in [-0.2, -0.15) is 11.8 Å². The van der Waals surface area contributed by atoms with E-state index >= 15 is 0 Å². The van der Waals surface area contributed by atoms with Crippen LogP contribution in [0, 0.1) is 0 Å². The van der Waals surface area contributed by atoms with Crippen LogP contribution in [0.3, 0.4) is 0 Å². The number of ether oxygens (including phenoxy) is 1. The topological polar surface area (TPSA) is 58.8 Å². The first-order valence-electron chi connectivity index (χ1n) is 7.98. The monoisotopic (exact) mass is 455 g/mol. The van der Waals surface area contributed by atoms with Crippen LogP contribution in [-0.4, -0.2) is 44.2 Å². The second kappa shape index (κ2) is 16.4. The van der Waals surface area contributed by atoms with Crippen LogP contribution in [0.4, 0.5) is 0 Å². The molecule has 0 saturated carbocycles. The standard InChI is InChI=1S/C16H29N3O2S.HI/c1-3-17-16(18-9-4-5-13-22-2)19-10-7-11-20-14-15-8-6-12-21-15;/h6,8,12H,3-5,7,9-11,13-14H2,1-2H3,(H2,17,18,19);1H. The fraction of sp³-hybridized carbons (Fsp3) is 0.688. The predicted octanol–water partition coefficient (Wildman–Crippen LogP) is 3.50. The van der Waals surface area contributed by atoms with Crippen LogP contribution in [0.25, 0.3) is 0 Å². The summed E-state index contributed by atoms with van der Waals surface area (Å²) in [6, 6.07) is 3.79. The molecule has 0 aliphatic rings. The maximum atomic E-state index is 5.54. The van der Waals surface area contributed by atoms with Crippen LogP contribution in [0.5, 0.6) is 0 Å². The molecule has 0 aliphatic heterocycles. The van der Waals surface area contributed by atoms with E-state index in [1.54, 1.807) is 6.26 Å². The lowest BCUT2D eigenvalue weighted by molar-refractivity contribution is 0.105. The largest absolute Gasteiger partial charge is 0.467 e. The molecule has 1 aromatic heterocycles. The van der Waals surface area contributed by atoms with Gasteiger partial charge in [0.1, 0.15) is 12.4 Å². The molecular formula is C16H30IN3O2S. The number of nitrogens with one attached hydrogen (secondary N) is 2. The van der Waals surface area contributed by atoms with Gasteiger partial charge in [-0.3, -0.25) is 4.99 Å². The first-order valence-corrected chi connectivity index (χ1v) is 9.37. The van der Waals surface area contributed by atoms with E-state index < -0.39 is 0 Å². The van der Waals surface area contributed by atoms with Gasteiger partial charge in [0.25, 0.3) is 0 Å². The Bertz CT molecular complexity index is 389. The van der Waals surface area contributed by atoms with Crippen LogP contribution in [-0.2, 0) is 11.3 Å². The Morgan fingerprint density at radius 2 is 2.17 bits per heavy atom. The number of furan rings is 1. The SMILES string of the molecule is CCNC(=NCCCOCc1ccco1)NCCCCSC.I. The quantitative estimate of drug-likeness (QED) is 0.219. The summed E-state index contributed by atoms with van der Waals surface area (Å²) < 4.78 is 10.7. The summed E-state index contributed by atoms with van der Waals surface area (Å²) in [4.78, 5) is 4.55. The molecule has 0 aromatic carbocycles. The number of nitrogens with zero attached hydrogens (tertiary/aromatic N) is 1. The molecule has 0 atom stereocenters. The fourth-order valence-corrected chi connectivity index (χ4v) is 2.34. The van der Waals surface area contributed by atoms with Crippen LogP contribution >= 0.6 is 35.7 Å². The third kappa shape index (κ3) is 12.7. The van der Waals surface area contributed by atoms with E-state index in [0.717, 1.165) is 37.8 Å². The van der Waals surface area contributed by atoms with Crippen LogP contribution in [0.15, 0.2) is 27.8 Å². The van der Waals surface area contributed by atoms with Crippen molar-refractivity contribution in [3.05, 3.63) is 24.2 Å². The van der Waals surface area contributed by atoms with Crippen molar-refractivity contribution in [2.75, 3.05) is 38.2 Å². The summed E-state index contributed by atoms with van der Waals surface area (Å²) in [6.07, 6.45) is 7.14. The lowest BCUT2D eigenvalue weighted by Crippen LogP contribution is -2.37. The van der Waals surface area contributed by atoms with Gasteiger partial charge in [0.2, 0.25) is 0 Å². The molecule has 0 spiro atoms. The Balaban J connectivity index is 0.00000484. The zero-order chi connectivity index (χ0) is 15.9. The molecule has 134 valence electrons. The average Bonchev–Trinajstić information content (AvgIpc) is 3.03. The number of thioether (sulfide) groups is 1. The highest BCUT2D eigenvalue weighted by Gasteiger charge is 1.97. The van der Waals surface area contributed by atoms with Crippen molar-refractivity contribution in [3.8, 4) is 0 Å². The maximum Gasteiger partial charge on any atom is 0.191 e. The number of hydrogen-bond donors (Lipinski definition) is 2. The minimum absolute atomic E-state index is 0. The van der Waals surface area contributed by atoms with E-state index in [0.29, 0.717) is 13.2 Å². The van der Waals surface area contributed by atoms with Crippen molar-refractivity contribution in [2.24, 2.45) is 4.99 Å². The van der Waals surface area contributed by atoms with E-state index in [1.807, 2.05) is 23.9 Å². The molecule has 23 heavy (non-hydrogen) atoms. The van der Waals surface area contributed by atoms with Gasteiger partial charge in [-0.25, -0.2) is 0 Å². The van der Waals surface area contributed by atoms with Crippen molar-refractivity contribution in [1.82, 2.24) is 10.6 Å². The van der Waals surface area contributed by atoms with E-state index in [1.165, 1.54) is 18.6 Å². The number of hydrogen-bond acceptors (Lipinski definition) is 4. The van der Waals surface area contributed by atoms with E-state index in [4.69, 9.17) is 9.15 Å². The smallest absolute Gasteiger partial charge is 0.191 e. The van der Waals surface area contributed by atoms with Gasteiger partial charge >= 0.3 is 0 Å². The average molecular weight is 455 g/mol. The van der Waals surface area contributed by atoms with Gasteiger partial charge in [0.05, 0.1) is 6.26 Å². The molecule has 0 bridgehead atoms. The minimum atomic E-state index is 0. The van der Waals surface area contributed by atoms with Crippen molar-refractivity contribution >= 4 is 41.7 Å². The molecule has 0 saturated heterocycles. The summed E-state index contributed by atoms with van der Waals surface area (Å²) in [5.41, 5.74) is 0. The Hall–Kier alpha value is -0.410. The molecule has 0 unspecified atom stereocenters. The zero-order valence-electron chi connectivity index (χ0n) is 14.2. The van der Waals surface area contributed by atoms with Gasteiger partial charge < -0.3 is 19.8 Å². The molecule has 0 fully saturated rings. The lowest BCUT2D eigenvalue weighted by atomic mass is 10.3. The highest BCUT2D eigenvalue weighted by molar-refractivity contribution is 14.0. The highest BCUT2D eigenvalue weighted by Crippen LogP contribution is 2.02. The molecule has 1 heterocycles. The van der Waals surface area contributed by atoms with E-state index in [-0.39, 0.29) is 24.0 Å². The Kier molecular flexibility index (Phi) is 16.2. The summed E-state index contributed by atoms with van der Waals surface area (Å²) in [7, 11) is 0. The molecular weight excluding hydrogens is 425 g/mol. The normalized spacial score (nSPS) is 11.1. The maximum absolute atomic E-state index is 5.54. The fourth-order valence-electron chi connectivity index (χ4n) is 1.84. The molecule has 7 heteroatoms. The zero-order valence-corrected chi connectivity index (χ0v) is 17.3. The number of aliphatic imine (C=N–C) groups is 1. The number of guanidine groups is 1. The van der Waals surface area contributed by atoms with Gasteiger partial charge in [-0.05, 0) is 50.3 Å². The minimum Gasteiger partial charge on any atom is -0.467 e. The van der Waals surface area contributed by atoms with E-state index in [9.17, 15) is 0 Å². The van der Waals surface area contributed by atoms with Gasteiger partial charge in [0, 0.05) is 26.2 Å². The van der Waals surface area contributed by atoms with Crippen molar-refractivity contribution < 1.29 is 9.15 Å². The first kappa shape index (κ1) is 22.6. The third-order valence-corrected chi connectivity index (χ3v) is 3.65. The summed E-state index contributed by atoms with van der Waals surface area (Å²) in [5.74, 6) is 2.99. The Morgan fingerprint density at radius 3 is 2.87 bits per heavy atom. The lowest BCUT2D eigenvalue weighted by Gasteiger charge is -2.11. The Morgan fingerprint density at radius 1 is 1.30 bits per heavy atom. The number of rotatable bonds is 12. The second-order valence-corrected chi connectivity index (χ2v) is 5.86. The second-order valence-electron chi connectivity index (χ2n) is 4.87. The molecule has 0 aliphatic carbocycles. The van der Waals surface area contributed by atoms with Crippen molar-refractivity contribution in [2.45, 2.75) is 32.8 Å². The summed E-state index contributed by atoms with van der Waals surface area (Å²) in [5, 5.41) is 6.63. The third-order valence-electron chi connectivity index (χ3n) is 2.95. The molecule has 2 N–H and O–H groups in total. The van der Waals surface area contributed by atoms with Crippen molar-refractivity contribution in [1.29, 1.82) is 0 Å². The molecule has 0 amide bonds. The van der Waals surface area contributed by atoms with Gasteiger partial charge in [-0.15, -0.1) is 24.0 Å². The van der Waals surface area contributed by atoms with Crippen LogP contribution in [0.1, 0.15) is 31.9 Å². The van der Waals surface area contributed by atoms with E-state index in [2.05, 4.69) is 28.8 Å². The van der Waals surface area contributed by atoms with Gasteiger partial charge in [-0.1, -0.05) is 0 Å². The predicted molar refractivity (Wildman–Crippen MR) is 110 cm³/mol. The van der Waals surface area contributed by atoms with Crippen LogP contribution in [0.2, 0.25) is 0 Å². The highest BCUT2D eigenvalue weighted by atomic mass is 127. The molecule has 1 rings (SSSR count). The first-order chi connectivity index (χ1) is 10.9. The molecule has 5 nitrogen and oxygen atoms in total.